The van der Waals surface area contributed by atoms with Crippen LogP contribution in [0.15, 0.2) is 23.1 Å². The lowest BCUT2D eigenvalue weighted by atomic mass is 9.98. The number of carbonyl (C=O) groups is 1. The summed E-state index contributed by atoms with van der Waals surface area (Å²) in [5, 5.41) is 9.62. The summed E-state index contributed by atoms with van der Waals surface area (Å²) >= 11 is 5.82. The van der Waals surface area contributed by atoms with Crippen molar-refractivity contribution < 1.29 is 18.3 Å². The van der Waals surface area contributed by atoms with Gasteiger partial charge in [-0.1, -0.05) is 17.7 Å². The number of carboxylic acid groups (broad SMARTS) is 1. The number of aryl methyl sites for hydroxylation is 1. The Morgan fingerprint density at radius 2 is 2.05 bits per heavy atom. The lowest BCUT2D eigenvalue weighted by Gasteiger charge is -2.26. The van der Waals surface area contributed by atoms with Gasteiger partial charge in [-0.3, -0.25) is 4.79 Å². The zero-order chi connectivity index (χ0) is 15.1. The first-order valence-electron chi connectivity index (χ1n) is 6.20. The first kappa shape index (κ1) is 15.3. The van der Waals surface area contributed by atoms with Crippen LogP contribution in [0.2, 0.25) is 5.02 Å². The van der Waals surface area contributed by atoms with E-state index in [1.54, 1.807) is 19.1 Å². The van der Waals surface area contributed by atoms with Gasteiger partial charge in [0, 0.05) is 5.02 Å². The largest absolute Gasteiger partial charge is 0.480 e. The average molecular weight is 318 g/mol. The minimum absolute atomic E-state index is 0.0122. The second-order valence-electron chi connectivity index (χ2n) is 5.30. The monoisotopic (exact) mass is 317 g/mol. The Labute approximate surface area is 123 Å². The van der Waals surface area contributed by atoms with E-state index in [1.807, 2.05) is 0 Å². The predicted molar refractivity (Wildman–Crippen MR) is 75.3 cm³/mol. The smallest absolute Gasteiger partial charge is 0.324 e. The summed E-state index contributed by atoms with van der Waals surface area (Å²) < 4.78 is 27.2. The standard InChI is InChI=1S/C13H16ClNO4S/c1-8-3-6-10(14)7-11(8)20(18,19)15-13(2,12(16)17)9-4-5-9/h3,6-7,9,15H,4-5H2,1-2H3,(H,16,17). The Morgan fingerprint density at radius 3 is 2.55 bits per heavy atom. The summed E-state index contributed by atoms with van der Waals surface area (Å²) in [7, 11) is -3.94. The van der Waals surface area contributed by atoms with Gasteiger partial charge in [-0.15, -0.1) is 0 Å². The topological polar surface area (TPSA) is 83.5 Å². The van der Waals surface area contributed by atoms with Crippen molar-refractivity contribution in [1.82, 2.24) is 4.72 Å². The van der Waals surface area contributed by atoms with E-state index in [0.29, 0.717) is 23.4 Å². The van der Waals surface area contributed by atoms with Crippen molar-refractivity contribution in [1.29, 1.82) is 0 Å². The predicted octanol–water partition coefficient (Wildman–Crippen LogP) is 2.18. The molecule has 1 aromatic carbocycles. The third kappa shape index (κ3) is 2.82. The Bertz CT molecular complexity index is 654. The molecule has 0 spiro atoms. The number of benzene rings is 1. The van der Waals surface area contributed by atoms with Crippen molar-refractivity contribution in [2.75, 3.05) is 0 Å². The van der Waals surface area contributed by atoms with Gasteiger partial charge >= 0.3 is 5.97 Å². The van der Waals surface area contributed by atoms with Gasteiger partial charge < -0.3 is 5.11 Å². The molecule has 1 aromatic rings. The van der Waals surface area contributed by atoms with Crippen LogP contribution in [-0.4, -0.2) is 25.0 Å². The number of nitrogens with one attached hydrogen (secondary N) is 1. The van der Waals surface area contributed by atoms with Crippen LogP contribution >= 0.6 is 11.6 Å². The molecule has 0 aliphatic heterocycles. The van der Waals surface area contributed by atoms with Crippen molar-refractivity contribution in [3.8, 4) is 0 Å². The summed E-state index contributed by atoms with van der Waals surface area (Å²) in [6.07, 6.45) is 1.42. The number of halogens is 1. The molecule has 0 aromatic heterocycles. The van der Waals surface area contributed by atoms with Gasteiger partial charge in [0.1, 0.15) is 5.54 Å². The molecule has 0 saturated heterocycles. The molecule has 5 nitrogen and oxygen atoms in total. The Hall–Kier alpha value is -1.11. The maximum absolute atomic E-state index is 12.4. The molecule has 0 amide bonds. The molecule has 2 N–H and O–H groups in total. The second-order valence-corrected chi connectivity index (χ2v) is 7.38. The van der Waals surface area contributed by atoms with E-state index in [9.17, 15) is 18.3 Å². The minimum Gasteiger partial charge on any atom is -0.480 e. The number of rotatable bonds is 5. The van der Waals surface area contributed by atoms with Crippen LogP contribution in [0, 0.1) is 12.8 Å². The molecule has 1 saturated carbocycles. The molecule has 0 bridgehead atoms. The highest BCUT2D eigenvalue weighted by atomic mass is 35.5. The first-order valence-corrected chi connectivity index (χ1v) is 8.06. The molecule has 1 unspecified atom stereocenters. The normalized spacial score (nSPS) is 18.6. The van der Waals surface area contributed by atoms with Crippen molar-refractivity contribution in [2.24, 2.45) is 5.92 Å². The fourth-order valence-electron chi connectivity index (χ4n) is 2.16. The van der Waals surface area contributed by atoms with Crippen molar-refractivity contribution in [2.45, 2.75) is 37.1 Å². The van der Waals surface area contributed by atoms with E-state index in [-0.39, 0.29) is 10.8 Å². The van der Waals surface area contributed by atoms with Crippen LogP contribution in [0.1, 0.15) is 25.3 Å². The van der Waals surface area contributed by atoms with Crippen molar-refractivity contribution >= 4 is 27.6 Å². The third-order valence-electron chi connectivity index (χ3n) is 3.62. The lowest BCUT2D eigenvalue weighted by molar-refractivity contribution is -0.144. The van der Waals surface area contributed by atoms with Crippen LogP contribution in [0.25, 0.3) is 0 Å². The molecule has 1 fully saturated rings. The third-order valence-corrected chi connectivity index (χ3v) is 5.57. The fourth-order valence-corrected chi connectivity index (χ4v) is 4.09. The van der Waals surface area contributed by atoms with Gasteiger partial charge in [-0.2, -0.15) is 4.72 Å². The molecule has 1 aliphatic rings. The molecule has 7 heteroatoms. The molecule has 1 atom stereocenters. The van der Waals surface area contributed by atoms with Crippen molar-refractivity contribution in [3.63, 3.8) is 0 Å². The average Bonchev–Trinajstić information content (AvgIpc) is 3.15. The van der Waals surface area contributed by atoms with Crippen molar-refractivity contribution in [3.05, 3.63) is 28.8 Å². The number of aliphatic carboxylic acids is 1. The summed E-state index contributed by atoms with van der Waals surface area (Å²) in [5.41, 5.74) is -0.960. The number of sulfonamides is 1. The van der Waals surface area contributed by atoms with Gasteiger partial charge in [-0.05, 0) is 50.3 Å². The lowest BCUT2D eigenvalue weighted by Crippen LogP contribution is -2.53. The molecule has 110 valence electrons. The molecule has 2 rings (SSSR count). The van der Waals surface area contributed by atoms with E-state index >= 15 is 0 Å². The second kappa shape index (κ2) is 5.02. The van der Waals surface area contributed by atoms with E-state index in [1.165, 1.54) is 13.0 Å². The highest BCUT2D eigenvalue weighted by Crippen LogP contribution is 2.40. The van der Waals surface area contributed by atoms with Crippen LogP contribution in [0.3, 0.4) is 0 Å². The van der Waals surface area contributed by atoms with Gasteiger partial charge in [0.05, 0.1) is 4.90 Å². The minimum atomic E-state index is -3.94. The summed E-state index contributed by atoms with van der Waals surface area (Å²) in [6.45, 7) is 3.05. The van der Waals surface area contributed by atoms with Gasteiger partial charge in [0.25, 0.3) is 0 Å². The van der Waals surface area contributed by atoms with Gasteiger partial charge in [0.2, 0.25) is 10.0 Å². The Morgan fingerprint density at radius 1 is 1.45 bits per heavy atom. The maximum atomic E-state index is 12.4. The van der Waals surface area contributed by atoms with Crippen LogP contribution in [-0.2, 0) is 14.8 Å². The van der Waals surface area contributed by atoms with Crippen LogP contribution in [0.4, 0.5) is 0 Å². The Balaban J connectivity index is 2.40. The zero-order valence-corrected chi connectivity index (χ0v) is 12.8. The highest BCUT2D eigenvalue weighted by molar-refractivity contribution is 7.89. The molecule has 0 heterocycles. The maximum Gasteiger partial charge on any atom is 0.324 e. The molecule has 1 aliphatic carbocycles. The summed E-state index contributed by atoms with van der Waals surface area (Å²) in [6, 6.07) is 4.51. The van der Waals surface area contributed by atoms with E-state index < -0.39 is 21.5 Å². The zero-order valence-electron chi connectivity index (χ0n) is 11.2. The SMILES string of the molecule is Cc1ccc(Cl)cc1S(=O)(=O)NC(C)(C(=O)O)C1CC1. The molecule has 20 heavy (non-hydrogen) atoms. The molecular formula is C13H16ClNO4S. The number of hydrogen-bond donors (Lipinski definition) is 2. The molecular weight excluding hydrogens is 302 g/mol. The number of carboxylic acids is 1. The highest BCUT2D eigenvalue weighted by Gasteiger charge is 2.50. The summed E-state index contributed by atoms with van der Waals surface area (Å²) in [4.78, 5) is 11.4. The van der Waals surface area contributed by atoms with E-state index in [0.717, 1.165) is 0 Å². The fraction of sp³-hybridized carbons (Fsp3) is 0.462. The van der Waals surface area contributed by atoms with Gasteiger partial charge in [0.15, 0.2) is 0 Å². The van der Waals surface area contributed by atoms with Gasteiger partial charge in [-0.25, -0.2) is 8.42 Å². The quantitative estimate of drug-likeness (QED) is 0.872. The van der Waals surface area contributed by atoms with E-state index in [2.05, 4.69) is 4.72 Å². The van der Waals surface area contributed by atoms with E-state index in [4.69, 9.17) is 11.6 Å². The van der Waals surface area contributed by atoms with Crippen LogP contribution in [0.5, 0.6) is 0 Å². The Kier molecular flexibility index (Phi) is 3.83. The van der Waals surface area contributed by atoms with Crippen LogP contribution < -0.4 is 4.72 Å². The first-order chi connectivity index (χ1) is 9.17. The molecule has 0 radical (unpaired) electrons. The number of hydrogen-bond acceptors (Lipinski definition) is 3. The summed E-state index contributed by atoms with van der Waals surface area (Å²) in [5.74, 6) is -1.34.